The molecule has 3 N–H and O–H groups in total. The summed E-state index contributed by atoms with van der Waals surface area (Å²) in [5, 5.41) is 0. The van der Waals surface area contributed by atoms with Crippen LogP contribution in [0.5, 0.6) is 0 Å². The first-order valence-electron chi connectivity index (χ1n) is 6.52. The number of hydrogen-bond acceptors (Lipinski definition) is 2. The van der Waals surface area contributed by atoms with Crippen molar-refractivity contribution in [2.75, 3.05) is 0 Å². The van der Waals surface area contributed by atoms with E-state index in [0.717, 1.165) is 19.3 Å². The predicted octanol–water partition coefficient (Wildman–Crippen LogP) is 3.91. The standard InChI is InChI=1S/C12H25F3N2/c1-2-3-4-5-6-8-11(17-16)9-7-10-12(13,14)15/h11,17H,2-10,16H2,1H3. The predicted molar refractivity (Wildman–Crippen MR) is 64.4 cm³/mol. The molecule has 0 saturated carbocycles. The molecule has 0 spiro atoms. The van der Waals surface area contributed by atoms with Crippen molar-refractivity contribution in [3.8, 4) is 0 Å². The maximum absolute atomic E-state index is 11.9. The molecule has 0 aliphatic rings. The van der Waals surface area contributed by atoms with Gasteiger partial charge in [0, 0.05) is 12.5 Å². The van der Waals surface area contributed by atoms with Crippen LogP contribution < -0.4 is 11.3 Å². The first-order chi connectivity index (χ1) is 7.99. The fourth-order valence-electron chi connectivity index (χ4n) is 1.85. The minimum atomic E-state index is -4.04. The summed E-state index contributed by atoms with van der Waals surface area (Å²) < 4.78 is 35.8. The van der Waals surface area contributed by atoms with Crippen molar-refractivity contribution in [3.05, 3.63) is 0 Å². The summed E-state index contributed by atoms with van der Waals surface area (Å²) in [5.74, 6) is 5.33. The van der Waals surface area contributed by atoms with Crippen LogP contribution in [0.1, 0.15) is 64.7 Å². The molecule has 0 aromatic carbocycles. The lowest BCUT2D eigenvalue weighted by Gasteiger charge is -2.16. The molecule has 0 radical (unpaired) electrons. The Balaban J connectivity index is 3.49. The highest BCUT2D eigenvalue weighted by Gasteiger charge is 2.26. The van der Waals surface area contributed by atoms with Gasteiger partial charge in [-0.3, -0.25) is 11.3 Å². The van der Waals surface area contributed by atoms with E-state index < -0.39 is 12.6 Å². The van der Waals surface area contributed by atoms with E-state index in [1.807, 2.05) is 0 Å². The zero-order valence-corrected chi connectivity index (χ0v) is 10.7. The lowest BCUT2D eigenvalue weighted by atomic mass is 10.0. The van der Waals surface area contributed by atoms with Crippen LogP contribution in [0.15, 0.2) is 0 Å². The Morgan fingerprint density at radius 1 is 1.00 bits per heavy atom. The van der Waals surface area contributed by atoms with Gasteiger partial charge in [0.05, 0.1) is 0 Å². The Morgan fingerprint density at radius 3 is 2.12 bits per heavy atom. The highest BCUT2D eigenvalue weighted by molar-refractivity contribution is 4.65. The second kappa shape index (κ2) is 9.71. The first-order valence-corrected chi connectivity index (χ1v) is 6.52. The molecule has 0 saturated heterocycles. The van der Waals surface area contributed by atoms with Gasteiger partial charge < -0.3 is 0 Å². The molecular weight excluding hydrogens is 229 g/mol. The van der Waals surface area contributed by atoms with Crippen molar-refractivity contribution in [2.45, 2.75) is 76.9 Å². The summed E-state index contributed by atoms with van der Waals surface area (Å²) >= 11 is 0. The van der Waals surface area contributed by atoms with E-state index in [9.17, 15) is 13.2 Å². The zero-order valence-electron chi connectivity index (χ0n) is 10.7. The monoisotopic (exact) mass is 254 g/mol. The Labute approximate surface area is 102 Å². The van der Waals surface area contributed by atoms with Gasteiger partial charge in [0.15, 0.2) is 0 Å². The van der Waals surface area contributed by atoms with Crippen LogP contribution in [0.3, 0.4) is 0 Å². The second-order valence-corrected chi connectivity index (χ2v) is 4.57. The largest absolute Gasteiger partial charge is 0.389 e. The number of halogens is 3. The van der Waals surface area contributed by atoms with Gasteiger partial charge in [0.25, 0.3) is 0 Å². The van der Waals surface area contributed by atoms with Gasteiger partial charge >= 0.3 is 6.18 Å². The summed E-state index contributed by atoms with van der Waals surface area (Å²) in [7, 11) is 0. The van der Waals surface area contributed by atoms with E-state index in [1.165, 1.54) is 19.3 Å². The molecule has 0 fully saturated rings. The van der Waals surface area contributed by atoms with E-state index in [0.29, 0.717) is 6.42 Å². The highest BCUT2D eigenvalue weighted by atomic mass is 19.4. The molecule has 104 valence electrons. The van der Waals surface area contributed by atoms with Crippen LogP contribution in [0.4, 0.5) is 13.2 Å². The van der Waals surface area contributed by atoms with E-state index in [-0.39, 0.29) is 12.5 Å². The highest BCUT2D eigenvalue weighted by Crippen LogP contribution is 2.23. The Morgan fingerprint density at radius 2 is 1.59 bits per heavy atom. The van der Waals surface area contributed by atoms with Crippen LogP contribution in [0.2, 0.25) is 0 Å². The molecule has 0 aromatic heterocycles. The number of hydrogen-bond donors (Lipinski definition) is 2. The lowest BCUT2D eigenvalue weighted by Crippen LogP contribution is -2.35. The van der Waals surface area contributed by atoms with Gasteiger partial charge in [-0.2, -0.15) is 13.2 Å². The smallest absolute Gasteiger partial charge is 0.271 e. The number of unbranched alkanes of at least 4 members (excludes halogenated alkanes) is 4. The molecule has 0 amide bonds. The van der Waals surface area contributed by atoms with Gasteiger partial charge in [-0.15, -0.1) is 0 Å². The third-order valence-electron chi connectivity index (χ3n) is 2.90. The number of nitrogens with two attached hydrogens (primary N) is 1. The maximum Gasteiger partial charge on any atom is 0.389 e. The molecule has 17 heavy (non-hydrogen) atoms. The fourth-order valence-corrected chi connectivity index (χ4v) is 1.85. The number of hydrazine groups is 1. The molecule has 5 heteroatoms. The molecule has 0 aliphatic heterocycles. The van der Waals surface area contributed by atoms with Gasteiger partial charge in [0.1, 0.15) is 0 Å². The third kappa shape index (κ3) is 12.0. The first kappa shape index (κ1) is 16.7. The van der Waals surface area contributed by atoms with E-state index in [4.69, 9.17) is 5.84 Å². The van der Waals surface area contributed by atoms with Crippen LogP contribution in [-0.4, -0.2) is 12.2 Å². The van der Waals surface area contributed by atoms with Crippen molar-refractivity contribution in [1.82, 2.24) is 5.43 Å². The SMILES string of the molecule is CCCCCCCC(CCCC(F)(F)F)NN. The molecule has 0 bridgehead atoms. The fraction of sp³-hybridized carbons (Fsp3) is 1.00. The Hall–Kier alpha value is -0.290. The minimum absolute atomic E-state index is 0.0268. The van der Waals surface area contributed by atoms with Crippen molar-refractivity contribution >= 4 is 0 Å². The van der Waals surface area contributed by atoms with Gasteiger partial charge in [-0.25, -0.2) is 0 Å². The van der Waals surface area contributed by atoms with Crippen LogP contribution in [0.25, 0.3) is 0 Å². The van der Waals surface area contributed by atoms with E-state index in [1.54, 1.807) is 0 Å². The number of alkyl halides is 3. The van der Waals surface area contributed by atoms with Crippen molar-refractivity contribution in [2.24, 2.45) is 5.84 Å². The van der Waals surface area contributed by atoms with Gasteiger partial charge in [-0.05, 0) is 19.3 Å². The van der Waals surface area contributed by atoms with Crippen molar-refractivity contribution < 1.29 is 13.2 Å². The Bertz CT molecular complexity index is 172. The molecular formula is C12H25F3N2. The molecule has 0 aromatic rings. The van der Waals surface area contributed by atoms with Crippen LogP contribution >= 0.6 is 0 Å². The third-order valence-corrected chi connectivity index (χ3v) is 2.90. The Kier molecular flexibility index (Phi) is 9.55. The van der Waals surface area contributed by atoms with Crippen molar-refractivity contribution in [1.29, 1.82) is 0 Å². The summed E-state index contributed by atoms with van der Waals surface area (Å²) in [6.45, 7) is 2.15. The normalized spacial score (nSPS) is 13.9. The average molecular weight is 254 g/mol. The molecule has 0 aliphatic carbocycles. The van der Waals surface area contributed by atoms with E-state index >= 15 is 0 Å². The molecule has 2 nitrogen and oxygen atoms in total. The molecule has 0 heterocycles. The summed E-state index contributed by atoms with van der Waals surface area (Å²) in [5.41, 5.74) is 2.61. The summed E-state index contributed by atoms with van der Waals surface area (Å²) in [6.07, 6.45) is 2.61. The van der Waals surface area contributed by atoms with Crippen LogP contribution in [0, 0.1) is 0 Å². The van der Waals surface area contributed by atoms with E-state index in [2.05, 4.69) is 12.3 Å². The number of nitrogens with one attached hydrogen (secondary N) is 1. The lowest BCUT2D eigenvalue weighted by molar-refractivity contribution is -0.135. The minimum Gasteiger partial charge on any atom is -0.271 e. The summed E-state index contributed by atoms with van der Waals surface area (Å²) in [6, 6.07) is 0.0268. The number of rotatable bonds is 10. The topological polar surface area (TPSA) is 38.0 Å². The molecule has 1 atom stereocenters. The molecule has 1 unspecified atom stereocenters. The van der Waals surface area contributed by atoms with Crippen LogP contribution in [-0.2, 0) is 0 Å². The zero-order chi connectivity index (χ0) is 13.1. The second-order valence-electron chi connectivity index (χ2n) is 4.57. The quantitative estimate of drug-likeness (QED) is 0.352. The van der Waals surface area contributed by atoms with Gasteiger partial charge in [0.2, 0.25) is 0 Å². The summed E-state index contributed by atoms with van der Waals surface area (Å²) in [4.78, 5) is 0. The average Bonchev–Trinajstić information content (AvgIpc) is 2.25. The molecule has 0 rings (SSSR count). The van der Waals surface area contributed by atoms with Crippen molar-refractivity contribution in [3.63, 3.8) is 0 Å². The van der Waals surface area contributed by atoms with Gasteiger partial charge in [-0.1, -0.05) is 39.0 Å². The maximum atomic E-state index is 11.9.